The summed E-state index contributed by atoms with van der Waals surface area (Å²) in [4.78, 5) is 13.7. The predicted molar refractivity (Wildman–Crippen MR) is 81.9 cm³/mol. The topological polar surface area (TPSA) is 152 Å². The molecule has 12 heteroatoms. The molecule has 0 spiro atoms. The maximum Gasteiger partial charge on any atom is 0.394 e. The Morgan fingerprint density at radius 1 is 1.36 bits per heavy atom. The van der Waals surface area contributed by atoms with Crippen LogP contribution in [-0.4, -0.2) is 52.9 Å². The smallest absolute Gasteiger partial charge is 0.394 e. The minimum Gasteiger partial charge on any atom is -0.478 e. The number of hydrogen-bond acceptors (Lipinski definition) is 8. The van der Waals surface area contributed by atoms with E-state index < -0.39 is 15.3 Å². The molecular formula is C10H17N3O7S2. The summed E-state index contributed by atoms with van der Waals surface area (Å²) in [7, 11) is -4.67. The zero-order chi connectivity index (χ0) is 17.0. The first-order valence-corrected chi connectivity index (χ1v) is 8.01. The molecule has 0 fully saturated rings. The minimum atomic E-state index is -4.67. The first-order valence-electron chi connectivity index (χ1n) is 5.98. The number of nitro groups is 1. The largest absolute Gasteiger partial charge is 0.478 e. The van der Waals surface area contributed by atoms with Crippen LogP contribution in [0.4, 0.5) is 5.69 Å². The van der Waals surface area contributed by atoms with Gasteiger partial charge in [-0.3, -0.25) is 19.2 Å². The molecule has 0 unspecified atom stereocenters. The van der Waals surface area contributed by atoms with E-state index in [9.17, 15) is 10.1 Å². The minimum absolute atomic E-state index is 0.0344. The number of rotatable bonds is 8. The zero-order valence-corrected chi connectivity index (χ0v) is 13.2. The lowest BCUT2D eigenvalue weighted by molar-refractivity contribution is -0.385. The maximum absolute atomic E-state index is 10.4. The molecule has 0 aliphatic carbocycles. The van der Waals surface area contributed by atoms with E-state index in [2.05, 4.69) is 22.9 Å². The molecule has 0 saturated carbocycles. The van der Waals surface area contributed by atoms with Gasteiger partial charge in [-0.1, -0.05) is 0 Å². The highest BCUT2D eigenvalue weighted by Crippen LogP contribution is 2.13. The fourth-order valence-corrected chi connectivity index (χ4v) is 1.30. The molecular weight excluding hydrogens is 338 g/mol. The third-order valence-electron chi connectivity index (χ3n) is 1.97. The van der Waals surface area contributed by atoms with Crippen LogP contribution in [0.2, 0.25) is 0 Å². The first kappa shape index (κ1) is 20.5. The molecule has 0 atom stereocenters. The number of thiol groups is 1. The number of pyridine rings is 1. The van der Waals surface area contributed by atoms with Crippen molar-refractivity contribution < 1.29 is 27.2 Å². The van der Waals surface area contributed by atoms with Gasteiger partial charge in [-0.15, -0.1) is 0 Å². The van der Waals surface area contributed by atoms with Gasteiger partial charge < -0.3 is 10.1 Å². The van der Waals surface area contributed by atoms with E-state index in [0.29, 0.717) is 12.5 Å². The Labute approximate surface area is 133 Å². The molecule has 1 rings (SSSR count). The second kappa shape index (κ2) is 11.1. The van der Waals surface area contributed by atoms with E-state index >= 15 is 0 Å². The molecule has 3 N–H and O–H groups in total. The van der Waals surface area contributed by atoms with Gasteiger partial charge in [0.25, 0.3) is 5.69 Å². The van der Waals surface area contributed by atoms with Crippen LogP contribution < -0.4 is 10.1 Å². The standard InChI is InChI=1S/C10H15N3O3S.H2O4S/c14-13(15)9-2-3-10(12-8-9)16-6-1-4-11-5-7-17;1-5(2,3)4/h2-3,8,11,17H,1,4-7H2;(H2,1,2,3,4). The third kappa shape index (κ3) is 13.5. The van der Waals surface area contributed by atoms with Gasteiger partial charge in [0.1, 0.15) is 6.20 Å². The highest BCUT2D eigenvalue weighted by molar-refractivity contribution is 7.80. The Morgan fingerprint density at radius 2 is 2.00 bits per heavy atom. The van der Waals surface area contributed by atoms with E-state index in [-0.39, 0.29) is 5.69 Å². The number of nitrogens with zero attached hydrogens (tertiary/aromatic N) is 2. The number of nitrogens with one attached hydrogen (secondary N) is 1. The van der Waals surface area contributed by atoms with Crippen LogP contribution in [0, 0.1) is 10.1 Å². The molecule has 1 aromatic heterocycles. The Balaban J connectivity index is 0.000000763. The first-order chi connectivity index (χ1) is 10.2. The number of aromatic nitrogens is 1. The molecule has 0 aliphatic rings. The van der Waals surface area contributed by atoms with Crippen molar-refractivity contribution in [3.8, 4) is 5.88 Å². The average Bonchev–Trinajstić information content (AvgIpc) is 2.41. The van der Waals surface area contributed by atoms with Crippen LogP contribution in [0.25, 0.3) is 0 Å². The van der Waals surface area contributed by atoms with Crippen LogP contribution in [0.5, 0.6) is 5.88 Å². The van der Waals surface area contributed by atoms with Gasteiger partial charge in [0.05, 0.1) is 11.5 Å². The normalized spacial score (nSPS) is 10.5. The van der Waals surface area contributed by atoms with E-state index in [4.69, 9.17) is 22.3 Å². The van der Waals surface area contributed by atoms with Crippen molar-refractivity contribution in [1.82, 2.24) is 10.3 Å². The van der Waals surface area contributed by atoms with Gasteiger partial charge in [-0.25, -0.2) is 4.98 Å². The van der Waals surface area contributed by atoms with E-state index in [1.807, 2.05) is 0 Å². The van der Waals surface area contributed by atoms with Gasteiger partial charge in [-0.2, -0.15) is 21.0 Å². The van der Waals surface area contributed by atoms with E-state index in [0.717, 1.165) is 25.3 Å². The average molecular weight is 355 g/mol. The van der Waals surface area contributed by atoms with Gasteiger partial charge in [0.15, 0.2) is 0 Å². The van der Waals surface area contributed by atoms with E-state index in [1.54, 1.807) is 0 Å². The second-order valence-corrected chi connectivity index (χ2v) is 5.08. The SMILES string of the molecule is O=S(=O)(O)O.O=[N+]([O-])c1ccc(OCCCNCCS)nc1. The Morgan fingerprint density at radius 3 is 2.45 bits per heavy atom. The monoisotopic (exact) mass is 355 g/mol. The molecule has 0 radical (unpaired) electrons. The van der Waals surface area contributed by atoms with Crippen molar-refractivity contribution in [2.75, 3.05) is 25.4 Å². The summed E-state index contributed by atoms with van der Waals surface area (Å²) < 4.78 is 36.9. The van der Waals surface area contributed by atoms with Crippen molar-refractivity contribution in [1.29, 1.82) is 0 Å². The van der Waals surface area contributed by atoms with Crippen molar-refractivity contribution in [2.24, 2.45) is 0 Å². The van der Waals surface area contributed by atoms with Crippen LogP contribution in [0.3, 0.4) is 0 Å². The summed E-state index contributed by atoms with van der Waals surface area (Å²) in [6.07, 6.45) is 2.04. The summed E-state index contributed by atoms with van der Waals surface area (Å²) in [5.41, 5.74) is -0.0344. The van der Waals surface area contributed by atoms with Gasteiger partial charge in [0.2, 0.25) is 5.88 Å². The molecule has 10 nitrogen and oxygen atoms in total. The second-order valence-electron chi connectivity index (χ2n) is 3.74. The lowest BCUT2D eigenvalue weighted by atomic mass is 10.4. The zero-order valence-electron chi connectivity index (χ0n) is 11.5. The number of ether oxygens (including phenoxy) is 1. The summed E-state index contributed by atoms with van der Waals surface area (Å²) >= 11 is 4.07. The molecule has 126 valence electrons. The van der Waals surface area contributed by atoms with Gasteiger partial charge >= 0.3 is 10.4 Å². The summed E-state index contributed by atoms with van der Waals surface area (Å²) in [6, 6.07) is 2.88. The fraction of sp³-hybridized carbons (Fsp3) is 0.500. The lowest BCUT2D eigenvalue weighted by Gasteiger charge is -2.05. The van der Waals surface area contributed by atoms with E-state index in [1.165, 1.54) is 18.3 Å². The number of hydrogen-bond donors (Lipinski definition) is 4. The lowest BCUT2D eigenvalue weighted by Crippen LogP contribution is -2.19. The van der Waals surface area contributed by atoms with Crippen molar-refractivity contribution in [3.05, 3.63) is 28.4 Å². The van der Waals surface area contributed by atoms with Crippen LogP contribution in [-0.2, 0) is 10.4 Å². The molecule has 1 heterocycles. The van der Waals surface area contributed by atoms with Crippen LogP contribution >= 0.6 is 12.6 Å². The molecule has 1 aromatic rings. The summed E-state index contributed by atoms with van der Waals surface area (Å²) in [5, 5.41) is 13.6. The Hall–Kier alpha value is -1.47. The summed E-state index contributed by atoms with van der Waals surface area (Å²) in [5.74, 6) is 1.22. The molecule has 22 heavy (non-hydrogen) atoms. The fourth-order valence-electron chi connectivity index (χ4n) is 1.14. The quantitative estimate of drug-likeness (QED) is 0.173. The van der Waals surface area contributed by atoms with Crippen molar-refractivity contribution in [2.45, 2.75) is 6.42 Å². The maximum atomic E-state index is 10.4. The molecule has 0 bridgehead atoms. The van der Waals surface area contributed by atoms with Crippen LogP contribution in [0.1, 0.15) is 6.42 Å². The summed E-state index contributed by atoms with van der Waals surface area (Å²) in [6.45, 7) is 2.26. The third-order valence-corrected chi connectivity index (χ3v) is 2.19. The highest BCUT2D eigenvalue weighted by Gasteiger charge is 2.05. The Kier molecular flexibility index (Phi) is 10.4. The predicted octanol–water partition coefficient (Wildman–Crippen LogP) is 0.625. The van der Waals surface area contributed by atoms with Gasteiger partial charge in [-0.05, 0) is 13.0 Å². The van der Waals surface area contributed by atoms with Crippen LogP contribution in [0.15, 0.2) is 18.3 Å². The van der Waals surface area contributed by atoms with Gasteiger partial charge in [0, 0.05) is 24.4 Å². The molecule has 0 amide bonds. The van der Waals surface area contributed by atoms with Crippen molar-refractivity contribution in [3.63, 3.8) is 0 Å². The molecule has 0 saturated heterocycles. The highest BCUT2D eigenvalue weighted by atomic mass is 32.3. The molecule has 0 aliphatic heterocycles. The Bertz CT molecular complexity index is 528. The van der Waals surface area contributed by atoms with Crippen molar-refractivity contribution >= 4 is 28.7 Å². The molecule has 0 aromatic carbocycles.